The molecule has 1 aliphatic carbocycles. The van der Waals surface area contributed by atoms with Crippen molar-refractivity contribution in [2.75, 3.05) is 11.9 Å². The SMILES string of the molecule is O=C(Nc1ccccc1C(=O)O)NC1CCOC1C1CC1. The first-order valence-corrected chi connectivity index (χ1v) is 7.16. The zero-order valence-corrected chi connectivity index (χ0v) is 11.5. The van der Waals surface area contributed by atoms with E-state index in [1.54, 1.807) is 18.2 Å². The monoisotopic (exact) mass is 290 g/mol. The van der Waals surface area contributed by atoms with E-state index in [4.69, 9.17) is 9.84 Å². The largest absolute Gasteiger partial charge is 0.478 e. The van der Waals surface area contributed by atoms with Gasteiger partial charge in [-0.15, -0.1) is 0 Å². The van der Waals surface area contributed by atoms with Crippen LogP contribution >= 0.6 is 0 Å². The Morgan fingerprint density at radius 1 is 1.19 bits per heavy atom. The normalized spacial score (nSPS) is 24.6. The van der Waals surface area contributed by atoms with Crippen LogP contribution in [0.4, 0.5) is 10.5 Å². The van der Waals surface area contributed by atoms with Crippen LogP contribution in [-0.2, 0) is 4.74 Å². The first kappa shape index (κ1) is 13.9. The molecule has 0 spiro atoms. The number of carboxylic acid groups (broad SMARTS) is 1. The minimum absolute atomic E-state index is 0.00879. The Bertz CT molecular complexity index is 556. The van der Waals surface area contributed by atoms with Crippen molar-refractivity contribution in [1.29, 1.82) is 0 Å². The highest BCUT2D eigenvalue weighted by Crippen LogP contribution is 2.38. The number of para-hydroxylation sites is 1. The molecule has 2 unspecified atom stereocenters. The summed E-state index contributed by atoms with van der Waals surface area (Å²) in [6, 6.07) is 5.98. The number of amides is 2. The van der Waals surface area contributed by atoms with E-state index in [2.05, 4.69) is 10.6 Å². The van der Waals surface area contributed by atoms with Gasteiger partial charge >= 0.3 is 12.0 Å². The number of hydrogen-bond donors (Lipinski definition) is 3. The van der Waals surface area contributed by atoms with Gasteiger partial charge in [-0.3, -0.25) is 0 Å². The van der Waals surface area contributed by atoms with Crippen LogP contribution in [0.5, 0.6) is 0 Å². The summed E-state index contributed by atoms with van der Waals surface area (Å²) < 4.78 is 5.67. The molecule has 1 saturated heterocycles. The van der Waals surface area contributed by atoms with E-state index >= 15 is 0 Å². The summed E-state index contributed by atoms with van der Waals surface area (Å²) in [7, 11) is 0. The molecule has 1 aromatic carbocycles. The Kier molecular flexibility index (Phi) is 3.79. The van der Waals surface area contributed by atoms with Gasteiger partial charge in [0.1, 0.15) is 0 Å². The summed E-state index contributed by atoms with van der Waals surface area (Å²) in [4.78, 5) is 23.2. The number of carbonyl (C=O) groups is 2. The molecule has 1 aromatic rings. The first-order chi connectivity index (χ1) is 10.1. The highest BCUT2D eigenvalue weighted by Gasteiger charge is 2.41. The molecule has 2 atom stereocenters. The van der Waals surface area contributed by atoms with Crippen LogP contribution in [0, 0.1) is 5.92 Å². The lowest BCUT2D eigenvalue weighted by Crippen LogP contribution is -2.43. The molecule has 2 amide bonds. The predicted octanol–water partition coefficient (Wildman–Crippen LogP) is 2.07. The Morgan fingerprint density at radius 2 is 1.95 bits per heavy atom. The van der Waals surface area contributed by atoms with Crippen LogP contribution in [0.2, 0.25) is 0 Å². The Hall–Kier alpha value is -2.08. The Labute approximate surface area is 122 Å². The molecule has 3 N–H and O–H groups in total. The molecule has 1 aliphatic heterocycles. The van der Waals surface area contributed by atoms with E-state index in [-0.39, 0.29) is 23.7 Å². The standard InChI is InChI=1S/C15H18N2O4/c18-14(19)10-3-1-2-4-11(10)16-15(20)17-12-7-8-21-13(12)9-5-6-9/h1-4,9,12-13H,5-8H2,(H,18,19)(H2,16,17,20). The van der Waals surface area contributed by atoms with Gasteiger partial charge in [0, 0.05) is 6.61 Å². The molecular weight excluding hydrogens is 272 g/mol. The summed E-state index contributed by atoms with van der Waals surface area (Å²) in [5, 5.41) is 14.6. The van der Waals surface area contributed by atoms with Crippen molar-refractivity contribution in [1.82, 2.24) is 5.32 Å². The summed E-state index contributed by atoms with van der Waals surface area (Å²) in [5.41, 5.74) is 0.374. The van der Waals surface area contributed by atoms with Crippen molar-refractivity contribution in [2.24, 2.45) is 5.92 Å². The minimum Gasteiger partial charge on any atom is -0.478 e. The fraction of sp³-hybridized carbons (Fsp3) is 0.467. The Morgan fingerprint density at radius 3 is 2.67 bits per heavy atom. The van der Waals surface area contributed by atoms with E-state index in [1.165, 1.54) is 6.07 Å². The first-order valence-electron chi connectivity index (χ1n) is 7.16. The highest BCUT2D eigenvalue weighted by atomic mass is 16.5. The van der Waals surface area contributed by atoms with Crippen molar-refractivity contribution in [3.8, 4) is 0 Å². The van der Waals surface area contributed by atoms with E-state index in [9.17, 15) is 9.59 Å². The molecule has 21 heavy (non-hydrogen) atoms. The maximum absolute atomic E-state index is 12.1. The van der Waals surface area contributed by atoms with Gasteiger partial charge in [-0.1, -0.05) is 12.1 Å². The van der Waals surface area contributed by atoms with Crippen molar-refractivity contribution in [3.63, 3.8) is 0 Å². The van der Waals surface area contributed by atoms with Crippen molar-refractivity contribution in [2.45, 2.75) is 31.4 Å². The van der Waals surface area contributed by atoms with Crippen LogP contribution in [-0.4, -0.2) is 35.9 Å². The van der Waals surface area contributed by atoms with Gasteiger partial charge in [-0.25, -0.2) is 9.59 Å². The average molecular weight is 290 g/mol. The fourth-order valence-corrected chi connectivity index (χ4v) is 2.76. The lowest BCUT2D eigenvalue weighted by molar-refractivity contribution is 0.0698. The average Bonchev–Trinajstić information content (AvgIpc) is 3.20. The van der Waals surface area contributed by atoms with E-state index < -0.39 is 5.97 Å². The Balaban J connectivity index is 1.62. The second-order valence-electron chi connectivity index (χ2n) is 5.52. The number of benzene rings is 1. The van der Waals surface area contributed by atoms with E-state index in [1.807, 2.05) is 0 Å². The maximum Gasteiger partial charge on any atom is 0.337 e. The number of ether oxygens (including phenoxy) is 1. The molecule has 0 aromatic heterocycles. The van der Waals surface area contributed by atoms with Crippen LogP contribution in [0.1, 0.15) is 29.6 Å². The molecule has 1 heterocycles. The highest BCUT2D eigenvalue weighted by molar-refractivity contribution is 6.00. The molecule has 0 radical (unpaired) electrons. The summed E-state index contributed by atoms with van der Waals surface area (Å²) in [6.07, 6.45) is 3.22. The number of aromatic carboxylic acids is 1. The molecule has 0 bridgehead atoms. The third-order valence-corrected chi connectivity index (χ3v) is 3.94. The molecule has 2 aliphatic rings. The summed E-state index contributed by atoms with van der Waals surface area (Å²) in [5.74, 6) is -0.505. The minimum atomic E-state index is -1.06. The molecular formula is C15H18N2O4. The van der Waals surface area contributed by atoms with Crippen LogP contribution in [0.25, 0.3) is 0 Å². The van der Waals surface area contributed by atoms with Gasteiger partial charge in [0.25, 0.3) is 0 Å². The molecule has 6 nitrogen and oxygen atoms in total. The van der Waals surface area contributed by atoms with Gasteiger partial charge in [-0.05, 0) is 37.3 Å². The topological polar surface area (TPSA) is 87.7 Å². The van der Waals surface area contributed by atoms with E-state index in [0.717, 1.165) is 19.3 Å². The van der Waals surface area contributed by atoms with Gasteiger partial charge in [-0.2, -0.15) is 0 Å². The lowest BCUT2D eigenvalue weighted by atomic mass is 10.1. The van der Waals surface area contributed by atoms with Gasteiger partial charge in [0.05, 0.1) is 23.4 Å². The zero-order chi connectivity index (χ0) is 14.8. The number of hydrogen-bond acceptors (Lipinski definition) is 3. The van der Waals surface area contributed by atoms with Crippen LogP contribution in [0.3, 0.4) is 0 Å². The number of rotatable bonds is 4. The van der Waals surface area contributed by atoms with Crippen molar-refractivity contribution >= 4 is 17.7 Å². The summed E-state index contributed by atoms with van der Waals surface area (Å²) in [6.45, 7) is 0.665. The van der Waals surface area contributed by atoms with Gasteiger partial charge in [0.15, 0.2) is 0 Å². The smallest absolute Gasteiger partial charge is 0.337 e. The van der Waals surface area contributed by atoms with Gasteiger partial charge in [0.2, 0.25) is 0 Å². The fourth-order valence-electron chi connectivity index (χ4n) is 2.76. The quantitative estimate of drug-likeness (QED) is 0.792. The molecule has 1 saturated carbocycles. The van der Waals surface area contributed by atoms with Crippen molar-refractivity contribution in [3.05, 3.63) is 29.8 Å². The number of nitrogens with one attached hydrogen (secondary N) is 2. The van der Waals surface area contributed by atoms with Crippen LogP contribution in [0.15, 0.2) is 24.3 Å². The lowest BCUT2D eigenvalue weighted by Gasteiger charge is -2.20. The zero-order valence-electron chi connectivity index (χ0n) is 11.5. The second kappa shape index (κ2) is 5.73. The second-order valence-corrected chi connectivity index (χ2v) is 5.52. The van der Waals surface area contributed by atoms with Gasteiger partial charge < -0.3 is 20.5 Å². The molecule has 112 valence electrons. The van der Waals surface area contributed by atoms with Crippen molar-refractivity contribution < 1.29 is 19.4 Å². The predicted molar refractivity (Wildman–Crippen MR) is 76.4 cm³/mol. The third-order valence-electron chi connectivity index (χ3n) is 3.94. The maximum atomic E-state index is 12.1. The number of carbonyl (C=O) groups excluding carboxylic acids is 1. The number of anilines is 1. The summed E-state index contributed by atoms with van der Waals surface area (Å²) >= 11 is 0. The van der Waals surface area contributed by atoms with E-state index in [0.29, 0.717) is 18.2 Å². The molecule has 3 rings (SSSR count). The van der Waals surface area contributed by atoms with Crippen LogP contribution < -0.4 is 10.6 Å². The number of urea groups is 1. The third kappa shape index (κ3) is 3.16. The molecule has 6 heteroatoms. The number of carboxylic acids is 1. The molecule has 2 fully saturated rings.